The van der Waals surface area contributed by atoms with Crippen LogP contribution in [-0.2, 0) is 16.8 Å². The number of aromatic nitrogens is 2. The molecule has 25 heavy (non-hydrogen) atoms. The highest BCUT2D eigenvalue weighted by Crippen LogP contribution is 2.28. The van der Waals surface area contributed by atoms with Crippen LogP contribution in [0.1, 0.15) is 51.3 Å². The molecule has 0 spiro atoms. The van der Waals surface area contributed by atoms with Crippen LogP contribution in [0.2, 0.25) is 0 Å². The molecule has 0 bridgehead atoms. The Labute approximate surface area is 149 Å². The van der Waals surface area contributed by atoms with Gasteiger partial charge in [-0.2, -0.15) is 5.10 Å². The lowest BCUT2D eigenvalue weighted by Gasteiger charge is -2.14. The van der Waals surface area contributed by atoms with Crippen LogP contribution < -0.4 is 11.1 Å². The van der Waals surface area contributed by atoms with Gasteiger partial charge in [0.1, 0.15) is 5.82 Å². The number of nitrogens with one attached hydrogen (secondary N) is 1. The third-order valence-corrected chi connectivity index (χ3v) is 4.82. The highest BCUT2D eigenvalue weighted by molar-refractivity contribution is 5.92. The quantitative estimate of drug-likeness (QED) is 0.897. The first kappa shape index (κ1) is 17.7. The van der Waals surface area contributed by atoms with Crippen molar-refractivity contribution < 1.29 is 4.79 Å². The molecule has 2 unspecified atom stereocenters. The molecule has 2 atom stereocenters. The zero-order valence-corrected chi connectivity index (χ0v) is 15.3. The van der Waals surface area contributed by atoms with Crippen molar-refractivity contribution in [1.29, 1.82) is 0 Å². The average Bonchev–Trinajstić information content (AvgIpc) is 3.15. The lowest BCUT2D eigenvalue weighted by Crippen LogP contribution is -2.24. The van der Waals surface area contributed by atoms with E-state index in [2.05, 4.69) is 38.2 Å². The minimum absolute atomic E-state index is 0.00756. The van der Waals surface area contributed by atoms with Gasteiger partial charge in [-0.05, 0) is 24.8 Å². The Morgan fingerprint density at radius 2 is 2.00 bits per heavy atom. The molecule has 1 aromatic carbocycles. The summed E-state index contributed by atoms with van der Waals surface area (Å²) >= 11 is 0. The maximum absolute atomic E-state index is 12.6. The fourth-order valence-electron chi connectivity index (χ4n) is 3.24. The Morgan fingerprint density at radius 3 is 2.60 bits per heavy atom. The lowest BCUT2D eigenvalue weighted by atomic mass is 9.92. The van der Waals surface area contributed by atoms with Gasteiger partial charge in [0, 0.05) is 23.4 Å². The van der Waals surface area contributed by atoms with Crippen LogP contribution in [0.25, 0.3) is 0 Å². The molecule has 1 aliphatic rings. The van der Waals surface area contributed by atoms with Gasteiger partial charge in [0.2, 0.25) is 5.91 Å². The van der Waals surface area contributed by atoms with Gasteiger partial charge >= 0.3 is 0 Å². The zero-order chi connectivity index (χ0) is 18.0. The highest BCUT2D eigenvalue weighted by Gasteiger charge is 2.29. The molecule has 1 saturated carbocycles. The smallest absolute Gasteiger partial charge is 0.228 e. The van der Waals surface area contributed by atoms with E-state index in [9.17, 15) is 4.79 Å². The van der Waals surface area contributed by atoms with E-state index in [4.69, 9.17) is 10.8 Å². The number of hydrogen-bond acceptors (Lipinski definition) is 3. The molecule has 1 aromatic heterocycles. The van der Waals surface area contributed by atoms with E-state index in [-0.39, 0.29) is 23.3 Å². The molecule has 0 saturated heterocycles. The summed E-state index contributed by atoms with van der Waals surface area (Å²) in [4.78, 5) is 12.6. The van der Waals surface area contributed by atoms with Gasteiger partial charge < -0.3 is 11.1 Å². The summed E-state index contributed by atoms with van der Waals surface area (Å²) in [6, 6.07) is 12.3. The molecule has 5 nitrogen and oxygen atoms in total. The monoisotopic (exact) mass is 340 g/mol. The van der Waals surface area contributed by atoms with Crippen LogP contribution in [0.5, 0.6) is 0 Å². The fraction of sp³-hybridized carbons (Fsp3) is 0.500. The maximum Gasteiger partial charge on any atom is 0.228 e. The number of anilines is 1. The van der Waals surface area contributed by atoms with Crippen LogP contribution in [0.4, 0.5) is 5.82 Å². The van der Waals surface area contributed by atoms with Gasteiger partial charge in [-0.25, -0.2) is 4.68 Å². The van der Waals surface area contributed by atoms with E-state index in [1.165, 1.54) is 0 Å². The molecular formula is C20H28N4O. The maximum atomic E-state index is 12.6. The molecule has 5 heteroatoms. The molecule has 3 N–H and O–H groups in total. The van der Waals surface area contributed by atoms with Gasteiger partial charge in [0.15, 0.2) is 0 Å². The lowest BCUT2D eigenvalue weighted by molar-refractivity contribution is -0.119. The van der Waals surface area contributed by atoms with Gasteiger partial charge in [0.25, 0.3) is 0 Å². The van der Waals surface area contributed by atoms with Gasteiger partial charge in [-0.15, -0.1) is 0 Å². The van der Waals surface area contributed by atoms with Crippen molar-refractivity contribution in [2.75, 3.05) is 5.32 Å². The minimum atomic E-state index is -0.0723. The molecule has 1 amide bonds. The Kier molecular flexibility index (Phi) is 4.95. The summed E-state index contributed by atoms with van der Waals surface area (Å²) in [5.74, 6) is 0.829. The van der Waals surface area contributed by atoms with Crippen molar-refractivity contribution in [3.8, 4) is 0 Å². The largest absolute Gasteiger partial charge is 0.328 e. The molecule has 134 valence electrons. The van der Waals surface area contributed by atoms with Gasteiger partial charge in [-0.1, -0.05) is 51.1 Å². The van der Waals surface area contributed by atoms with Crippen LogP contribution in [0.15, 0.2) is 36.4 Å². The fourth-order valence-corrected chi connectivity index (χ4v) is 3.24. The molecular weight excluding hydrogens is 312 g/mol. The van der Waals surface area contributed by atoms with Gasteiger partial charge in [0.05, 0.1) is 12.2 Å². The van der Waals surface area contributed by atoms with E-state index in [1.54, 1.807) is 0 Å². The van der Waals surface area contributed by atoms with Gasteiger partial charge in [-0.3, -0.25) is 4.79 Å². The number of hydrogen-bond donors (Lipinski definition) is 2. The van der Waals surface area contributed by atoms with E-state index in [0.717, 1.165) is 36.3 Å². The number of benzene rings is 1. The summed E-state index contributed by atoms with van der Waals surface area (Å²) in [5.41, 5.74) is 8.01. The van der Waals surface area contributed by atoms with E-state index < -0.39 is 0 Å². The van der Waals surface area contributed by atoms with Crippen molar-refractivity contribution in [2.45, 2.75) is 58.0 Å². The number of amides is 1. The first-order chi connectivity index (χ1) is 11.8. The third-order valence-electron chi connectivity index (χ3n) is 4.82. The Hall–Kier alpha value is -2.14. The molecule has 2 aromatic rings. The standard InChI is InChI=1S/C20H28N4O/c1-20(2,3)17-12-18(22-19(25)15-9-10-16(21)11-15)24(23-17)13-14-7-5-4-6-8-14/h4-8,12,15-16H,9-11,13,21H2,1-3H3,(H,22,25). The van der Waals surface area contributed by atoms with E-state index >= 15 is 0 Å². The first-order valence-electron chi connectivity index (χ1n) is 9.01. The van der Waals surface area contributed by atoms with Crippen molar-refractivity contribution in [1.82, 2.24) is 9.78 Å². The SMILES string of the molecule is CC(C)(C)c1cc(NC(=O)C2CCC(N)C2)n(Cc2ccccc2)n1. The second-order valence-electron chi connectivity index (χ2n) is 8.07. The summed E-state index contributed by atoms with van der Waals surface area (Å²) < 4.78 is 1.89. The molecule has 3 rings (SSSR count). The minimum Gasteiger partial charge on any atom is -0.328 e. The third kappa shape index (κ3) is 4.28. The van der Waals surface area contributed by atoms with Crippen molar-refractivity contribution in [3.05, 3.63) is 47.7 Å². The Morgan fingerprint density at radius 1 is 1.28 bits per heavy atom. The number of nitrogens with zero attached hydrogens (tertiary/aromatic N) is 2. The van der Waals surface area contributed by atoms with Crippen LogP contribution in [0.3, 0.4) is 0 Å². The molecule has 1 fully saturated rings. The second kappa shape index (κ2) is 7.00. The Balaban J connectivity index is 1.83. The molecule has 0 aliphatic heterocycles. The van der Waals surface area contributed by atoms with E-state index in [1.807, 2.05) is 28.9 Å². The average molecular weight is 340 g/mol. The van der Waals surface area contributed by atoms with Crippen molar-refractivity contribution >= 4 is 11.7 Å². The number of rotatable bonds is 4. The normalized spacial score (nSPS) is 20.6. The van der Waals surface area contributed by atoms with Crippen molar-refractivity contribution in [3.63, 3.8) is 0 Å². The summed E-state index contributed by atoms with van der Waals surface area (Å²) in [5, 5.41) is 7.84. The van der Waals surface area contributed by atoms with Crippen molar-refractivity contribution in [2.24, 2.45) is 11.7 Å². The second-order valence-corrected chi connectivity index (χ2v) is 8.07. The summed E-state index contributed by atoms with van der Waals surface area (Å²) in [7, 11) is 0. The Bertz CT molecular complexity index is 730. The predicted octanol–water partition coefficient (Wildman–Crippen LogP) is 3.29. The van der Waals surface area contributed by atoms with E-state index in [0.29, 0.717) is 6.54 Å². The first-order valence-corrected chi connectivity index (χ1v) is 9.01. The number of nitrogens with two attached hydrogens (primary N) is 1. The molecule has 1 heterocycles. The topological polar surface area (TPSA) is 72.9 Å². The van der Waals surface area contributed by atoms with Crippen LogP contribution >= 0.6 is 0 Å². The molecule has 1 aliphatic carbocycles. The number of carbonyl (C=O) groups is 1. The summed E-state index contributed by atoms with van der Waals surface area (Å²) in [6.45, 7) is 7.02. The molecule has 0 radical (unpaired) electrons. The van der Waals surface area contributed by atoms with Crippen LogP contribution in [-0.4, -0.2) is 21.7 Å². The van der Waals surface area contributed by atoms with Crippen LogP contribution in [0, 0.1) is 5.92 Å². The number of carbonyl (C=O) groups excluding carboxylic acids is 1. The highest BCUT2D eigenvalue weighted by atomic mass is 16.2. The predicted molar refractivity (Wildman–Crippen MR) is 100 cm³/mol. The summed E-state index contributed by atoms with van der Waals surface area (Å²) in [6.07, 6.45) is 2.56. The zero-order valence-electron chi connectivity index (χ0n) is 15.3.